The van der Waals surface area contributed by atoms with Crippen LogP contribution in [0.15, 0.2) is 30.3 Å². The number of Topliss-reactive ketones (excluding diaryl/α,β-unsaturated/α-hetero) is 1. The van der Waals surface area contributed by atoms with E-state index in [0.29, 0.717) is 0 Å². The van der Waals surface area contributed by atoms with Gasteiger partial charge in [-0.15, -0.1) is 0 Å². The second kappa shape index (κ2) is 3.86. The Morgan fingerprint density at radius 2 is 1.71 bits per heavy atom. The molecule has 0 spiro atoms. The molecule has 1 nitrogen and oxygen atoms in total. The molecule has 0 radical (unpaired) electrons. The smallest absolute Gasteiger partial charge is 0.292 e. The van der Waals surface area contributed by atoms with Gasteiger partial charge in [-0.25, -0.2) is 0 Å². The Bertz CT molecular complexity index is 317. The van der Waals surface area contributed by atoms with Gasteiger partial charge < -0.3 is 0 Å². The molecule has 0 heterocycles. The van der Waals surface area contributed by atoms with Crippen LogP contribution >= 0.6 is 0 Å². The zero-order valence-corrected chi connectivity index (χ0v) is 8.13. The summed E-state index contributed by atoms with van der Waals surface area (Å²) in [5, 5.41) is 0. The lowest BCUT2D eigenvalue weighted by Gasteiger charge is -2.17. The van der Waals surface area contributed by atoms with Crippen LogP contribution in [0.5, 0.6) is 0 Å². The molecule has 14 heavy (non-hydrogen) atoms. The highest BCUT2D eigenvalue weighted by Crippen LogP contribution is 2.31. The summed E-state index contributed by atoms with van der Waals surface area (Å²) >= 11 is 0. The minimum absolute atomic E-state index is 0.237. The van der Waals surface area contributed by atoms with Crippen LogP contribution < -0.4 is 0 Å². The fourth-order valence-electron chi connectivity index (χ4n) is 1.15. The molecular formula is C11H12F2O. The molecule has 1 rings (SSSR count). The topological polar surface area (TPSA) is 17.1 Å². The number of hydrogen-bond donors (Lipinski definition) is 0. The van der Waals surface area contributed by atoms with Gasteiger partial charge in [0, 0.05) is 11.5 Å². The van der Waals surface area contributed by atoms with Crippen molar-refractivity contribution in [3.63, 3.8) is 0 Å². The second-order valence-corrected chi connectivity index (χ2v) is 3.46. The van der Waals surface area contributed by atoms with Gasteiger partial charge in [0.2, 0.25) is 5.78 Å². The number of hydrogen-bond acceptors (Lipinski definition) is 1. The first-order chi connectivity index (χ1) is 6.46. The summed E-state index contributed by atoms with van der Waals surface area (Å²) in [6.45, 7) is 2.94. The van der Waals surface area contributed by atoms with E-state index in [4.69, 9.17) is 0 Å². The van der Waals surface area contributed by atoms with Crippen LogP contribution in [0.1, 0.15) is 19.4 Å². The molecule has 3 heteroatoms. The van der Waals surface area contributed by atoms with E-state index in [-0.39, 0.29) is 5.56 Å². The van der Waals surface area contributed by atoms with Crippen LogP contribution in [0.25, 0.3) is 0 Å². The van der Waals surface area contributed by atoms with Crippen LogP contribution in [0, 0.1) is 5.92 Å². The van der Waals surface area contributed by atoms with Crippen molar-refractivity contribution in [1.29, 1.82) is 0 Å². The van der Waals surface area contributed by atoms with E-state index in [1.54, 1.807) is 6.07 Å². The third-order valence-corrected chi connectivity index (χ3v) is 1.97. The van der Waals surface area contributed by atoms with E-state index in [9.17, 15) is 13.6 Å². The first kappa shape index (κ1) is 10.8. The van der Waals surface area contributed by atoms with E-state index >= 15 is 0 Å². The number of rotatable bonds is 3. The van der Waals surface area contributed by atoms with E-state index in [1.807, 2.05) is 0 Å². The highest BCUT2D eigenvalue weighted by Gasteiger charge is 2.41. The van der Waals surface area contributed by atoms with Crippen molar-refractivity contribution < 1.29 is 13.6 Å². The molecule has 0 N–H and O–H groups in total. The molecule has 0 aliphatic carbocycles. The predicted molar refractivity (Wildman–Crippen MR) is 50.2 cm³/mol. The lowest BCUT2D eigenvalue weighted by atomic mass is 9.97. The zero-order chi connectivity index (χ0) is 10.8. The minimum Gasteiger partial charge on any atom is -0.292 e. The first-order valence-corrected chi connectivity index (χ1v) is 4.44. The number of carbonyl (C=O) groups is 1. The molecule has 0 saturated carbocycles. The van der Waals surface area contributed by atoms with Crippen molar-refractivity contribution in [2.75, 3.05) is 0 Å². The van der Waals surface area contributed by atoms with Gasteiger partial charge in [0.15, 0.2) is 0 Å². The fraction of sp³-hybridized carbons (Fsp3) is 0.364. The molecule has 0 amide bonds. The lowest BCUT2D eigenvalue weighted by Crippen LogP contribution is -2.29. The van der Waals surface area contributed by atoms with Gasteiger partial charge in [0.25, 0.3) is 0 Å². The largest absolute Gasteiger partial charge is 0.330 e. The summed E-state index contributed by atoms with van der Waals surface area (Å²) in [4.78, 5) is 11.2. The third-order valence-electron chi connectivity index (χ3n) is 1.97. The monoisotopic (exact) mass is 198 g/mol. The van der Waals surface area contributed by atoms with E-state index in [2.05, 4.69) is 0 Å². The third kappa shape index (κ3) is 1.97. The molecule has 0 saturated heterocycles. The van der Waals surface area contributed by atoms with Gasteiger partial charge in [-0.05, 0) is 0 Å². The number of benzene rings is 1. The van der Waals surface area contributed by atoms with Crippen LogP contribution in [0.2, 0.25) is 0 Å². The number of halogens is 2. The van der Waals surface area contributed by atoms with E-state index < -0.39 is 17.6 Å². The molecule has 1 aromatic rings. The molecule has 0 aliphatic heterocycles. The van der Waals surface area contributed by atoms with Crippen LogP contribution in [0.4, 0.5) is 8.78 Å². The summed E-state index contributed by atoms with van der Waals surface area (Å²) in [5.41, 5.74) is -0.237. The van der Waals surface area contributed by atoms with Crippen LogP contribution in [-0.2, 0) is 10.7 Å². The normalized spacial score (nSPS) is 11.8. The first-order valence-electron chi connectivity index (χ1n) is 4.44. The minimum atomic E-state index is -3.37. The Labute approximate surface area is 81.7 Å². The Morgan fingerprint density at radius 3 is 2.14 bits per heavy atom. The Kier molecular flexibility index (Phi) is 2.99. The zero-order valence-electron chi connectivity index (χ0n) is 8.13. The number of ketones is 1. The maximum absolute atomic E-state index is 13.5. The van der Waals surface area contributed by atoms with Gasteiger partial charge in [-0.2, -0.15) is 8.78 Å². The highest BCUT2D eigenvalue weighted by molar-refractivity contribution is 5.88. The molecule has 76 valence electrons. The van der Waals surface area contributed by atoms with Crippen molar-refractivity contribution >= 4 is 5.78 Å². The average molecular weight is 198 g/mol. The second-order valence-electron chi connectivity index (χ2n) is 3.46. The number of carbonyl (C=O) groups excluding carboxylic acids is 1. The Morgan fingerprint density at radius 1 is 1.21 bits per heavy atom. The molecule has 0 atom stereocenters. The van der Waals surface area contributed by atoms with Crippen molar-refractivity contribution in [2.24, 2.45) is 5.92 Å². The Hall–Kier alpha value is -1.25. The lowest BCUT2D eigenvalue weighted by molar-refractivity contribution is -0.147. The summed E-state index contributed by atoms with van der Waals surface area (Å²) in [5.74, 6) is -5.07. The van der Waals surface area contributed by atoms with E-state index in [1.165, 1.54) is 38.1 Å². The van der Waals surface area contributed by atoms with Crippen molar-refractivity contribution in [2.45, 2.75) is 19.8 Å². The maximum Gasteiger partial charge on any atom is 0.330 e. The van der Waals surface area contributed by atoms with Crippen LogP contribution in [0.3, 0.4) is 0 Å². The molecule has 0 fully saturated rings. The predicted octanol–water partition coefficient (Wildman–Crippen LogP) is 3.00. The maximum atomic E-state index is 13.5. The van der Waals surface area contributed by atoms with Gasteiger partial charge in [-0.3, -0.25) is 4.79 Å². The van der Waals surface area contributed by atoms with E-state index in [0.717, 1.165) is 0 Å². The van der Waals surface area contributed by atoms with Crippen LogP contribution in [-0.4, -0.2) is 5.78 Å². The molecule has 0 unspecified atom stereocenters. The molecular weight excluding hydrogens is 186 g/mol. The number of alkyl halides is 2. The van der Waals surface area contributed by atoms with Crippen molar-refractivity contribution in [1.82, 2.24) is 0 Å². The summed E-state index contributed by atoms with van der Waals surface area (Å²) in [6.07, 6.45) is 0. The molecule has 0 aromatic heterocycles. The molecule has 0 aliphatic rings. The summed E-state index contributed by atoms with van der Waals surface area (Å²) in [7, 11) is 0. The molecule has 0 bridgehead atoms. The quantitative estimate of drug-likeness (QED) is 0.729. The van der Waals surface area contributed by atoms with Gasteiger partial charge in [0.05, 0.1) is 0 Å². The summed E-state index contributed by atoms with van der Waals surface area (Å²) < 4.78 is 26.9. The Balaban J connectivity index is 3.02. The standard InChI is InChI=1S/C11H12F2O/c1-8(2)10(14)11(12,13)9-6-4-3-5-7-9/h3-8H,1-2H3. The average Bonchev–Trinajstić information content (AvgIpc) is 2.18. The van der Waals surface area contributed by atoms with Gasteiger partial charge in [0.1, 0.15) is 0 Å². The van der Waals surface area contributed by atoms with Crippen molar-refractivity contribution in [3.8, 4) is 0 Å². The highest BCUT2D eigenvalue weighted by atomic mass is 19.3. The summed E-state index contributed by atoms with van der Waals surface area (Å²) in [6, 6.07) is 7.16. The fourth-order valence-corrected chi connectivity index (χ4v) is 1.15. The molecule has 1 aromatic carbocycles. The van der Waals surface area contributed by atoms with Gasteiger partial charge >= 0.3 is 5.92 Å². The van der Waals surface area contributed by atoms with Gasteiger partial charge in [-0.1, -0.05) is 44.2 Å². The SMILES string of the molecule is CC(C)C(=O)C(F)(F)c1ccccc1. The van der Waals surface area contributed by atoms with Crippen molar-refractivity contribution in [3.05, 3.63) is 35.9 Å².